The fourth-order valence-corrected chi connectivity index (χ4v) is 4.12. The van der Waals surface area contributed by atoms with E-state index in [1.807, 2.05) is 84.1 Å². The first-order valence-corrected chi connectivity index (χ1v) is 10.9. The Kier molecular flexibility index (Phi) is 6.37. The van der Waals surface area contributed by atoms with Gasteiger partial charge in [0.2, 0.25) is 5.91 Å². The van der Waals surface area contributed by atoms with Crippen LogP contribution in [-0.4, -0.2) is 46.8 Å². The SMILES string of the molecule is Cc1nn(-c2ccccc2)c(C)c1/C=C/C(=O)N1CCCN(c2ccc(C#N)cc2)CC1. The summed E-state index contributed by atoms with van der Waals surface area (Å²) in [6.45, 7) is 7.06. The van der Waals surface area contributed by atoms with E-state index in [9.17, 15) is 4.79 Å². The average Bonchev–Trinajstić information content (AvgIpc) is 2.99. The maximum absolute atomic E-state index is 12.9. The van der Waals surface area contributed by atoms with Crippen LogP contribution in [0.2, 0.25) is 0 Å². The number of carbonyl (C=O) groups is 1. The third-order valence-corrected chi connectivity index (χ3v) is 5.91. The first-order chi connectivity index (χ1) is 15.6. The maximum Gasteiger partial charge on any atom is 0.246 e. The van der Waals surface area contributed by atoms with Crippen molar-refractivity contribution in [1.82, 2.24) is 14.7 Å². The molecule has 1 aliphatic heterocycles. The van der Waals surface area contributed by atoms with Crippen LogP contribution in [0.25, 0.3) is 11.8 Å². The molecule has 0 radical (unpaired) electrons. The van der Waals surface area contributed by atoms with Gasteiger partial charge in [-0.05, 0) is 62.7 Å². The monoisotopic (exact) mass is 425 g/mol. The number of benzene rings is 2. The molecule has 0 bridgehead atoms. The Morgan fingerprint density at radius 1 is 0.969 bits per heavy atom. The van der Waals surface area contributed by atoms with Crippen molar-refractivity contribution < 1.29 is 4.79 Å². The molecule has 162 valence electrons. The molecular formula is C26H27N5O. The van der Waals surface area contributed by atoms with Gasteiger partial charge in [0.05, 0.1) is 23.0 Å². The molecule has 1 aromatic heterocycles. The lowest BCUT2D eigenvalue weighted by Gasteiger charge is -2.23. The molecule has 0 aliphatic carbocycles. The molecule has 1 aliphatic rings. The van der Waals surface area contributed by atoms with E-state index in [2.05, 4.69) is 16.1 Å². The molecule has 1 amide bonds. The summed E-state index contributed by atoms with van der Waals surface area (Å²) in [5.41, 5.74) is 5.66. The highest BCUT2D eigenvalue weighted by Crippen LogP contribution is 2.20. The van der Waals surface area contributed by atoms with Crippen LogP contribution in [-0.2, 0) is 4.79 Å². The molecule has 3 aromatic rings. The van der Waals surface area contributed by atoms with Crippen molar-refractivity contribution in [1.29, 1.82) is 5.26 Å². The number of aromatic nitrogens is 2. The zero-order valence-corrected chi connectivity index (χ0v) is 18.5. The number of nitrogens with zero attached hydrogens (tertiary/aromatic N) is 5. The van der Waals surface area contributed by atoms with Gasteiger partial charge in [-0.3, -0.25) is 4.79 Å². The van der Waals surface area contributed by atoms with Crippen molar-refractivity contribution in [3.05, 3.63) is 83.2 Å². The summed E-state index contributed by atoms with van der Waals surface area (Å²) in [6, 6.07) is 19.8. The largest absolute Gasteiger partial charge is 0.370 e. The van der Waals surface area contributed by atoms with Crippen molar-refractivity contribution in [3.8, 4) is 11.8 Å². The maximum atomic E-state index is 12.9. The van der Waals surface area contributed by atoms with Crippen LogP contribution >= 0.6 is 0 Å². The molecule has 32 heavy (non-hydrogen) atoms. The van der Waals surface area contributed by atoms with Crippen LogP contribution in [0.5, 0.6) is 0 Å². The van der Waals surface area contributed by atoms with Gasteiger partial charge in [0.1, 0.15) is 0 Å². The van der Waals surface area contributed by atoms with Crippen molar-refractivity contribution in [2.75, 3.05) is 31.1 Å². The molecule has 2 aromatic carbocycles. The van der Waals surface area contributed by atoms with Crippen LogP contribution in [0, 0.1) is 25.2 Å². The summed E-state index contributed by atoms with van der Waals surface area (Å²) in [5, 5.41) is 13.6. The first kappa shape index (κ1) is 21.4. The Hall–Kier alpha value is -3.85. The highest BCUT2D eigenvalue weighted by molar-refractivity contribution is 5.92. The second-order valence-corrected chi connectivity index (χ2v) is 7.99. The Morgan fingerprint density at radius 3 is 2.44 bits per heavy atom. The number of nitriles is 1. The Bertz CT molecular complexity index is 1160. The lowest BCUT2D eigenvalue weighted by Crippen LogP contribution is -2.34. The topological polar surface area (TPSA) is 65.2 Å². The van der Waals surface area contributed by atoms with E-state index in [-0.39, 0.29) is 5.91 Å². The molecule has 6 nitrogen and oxygen atoms in total. The van der Waals surface area contributed by atoms with Gasteiger partial charge in [0, 0.05) is 49.2 Å². The van der Waals surface area contributed by atoms with Crippen LogP contribution in [0.3, 0.4) is 0 Å². The fourth-order valence-electron chi connectivity index (χ4n) is 4.12. The highest BCUT2D eigenvalue weighted by atomic mass is 16.2. The number of anilines is 1. The number of para-hydroxylation sites is 1. The lowest BCUT2D eigenvalue weighted by molar-refractivity contribution is -0.125. The van der Waals surface area contributed by atoms with E-state index in [1.165, 1.54) is 0 Å². The second-order valence-electron chi connectivity index (χ2n) is 7.99. The molecule has 0 N–H and O–H groups in total. The molecule has 0 spiro atoms. The molecule has 2 heterocycles. The minimum Gasteiger partial charge on any atom is -0.370 e. The van der Waals surface area contributed by atoms with Crippen LogP contribution in [0.4, 0.5) is 5.69 Å². The predicted octanol–water partition coefficient (Wildman–Crippen LogP) is 4.11. The summed E-state index contributed by atoms with van der Waals surface area (Å²) in [4.78, 5) is 17.1. The van der Waals surface area contributed by atoms with Crippen LogP contribution in [0.1, 0.15) is 28.9 Å². The Labute approximate surface area is 189 Å². The minimum absolute atomic E-state index is 0.0259. The van der Waals surface area contributed by atoms with Gasteiger partial charge >= 0.3 is 0 Å². The smallest absolute Gasteiger partial charge is 0.246 e. The minimum atomic E-state index is 0.0259. The summed E-state index contributed by atoms with van der Waals surface area (Å²) in [6.07, 6.45) is 4.47. The van der Waals surface area contributed by atoms with E-state index in [1.54, 1.807) is 6.08 Å². The third-order valence-electron chi connectivity index (χ3n) is 5.91. The standard InChI is InChI=1S/C26H27N5O/c1-20-25(21(2)31(28-20)24-7-4-3-5-8-24)13-14-26(32)30-16-6-15-29(17-18-30)23-11-9-22(19-27)10-12-23/h3-5,7-14H,6,15-18H2,1-2H3/b14-13+. The molecule has 1 fully saturated rings. The van der Waals surface area contributed by atoms with Gasteiger partial charge < -0.3 is 9.80 Å². The van der Waals surface area contributed by atoms with E-state index in [0.717, 1.165) is 54.4 Å². The quantitative estimate of drug-likeness (QED) is 0.590. The third kappa shape index (κ3) is 4.57. The summed E-state index contributed by atoms with van der Waals surface area (Å²) < 4.78 is 1.92. The number of hydrogen-bond donors (Lipinski definition) is 0. The van der Waals surface area contributed by atoms with E-state index >= 15 is 0 Å². The highest BCUT2D eigenvalue weighted by Gasteiger charge is 2.18. The number of rotatable bonds is 4. The zero-order valence-electron chi connectivity index (χ0n) is 18.5. The Morgan fingerprint density at radius 2 is 1.72 bits per heavy atom. The first-order valence-electron chi connectivity index (χ1n) is 10.9. The lowest BCUT2D eigenvalue weighted by atomic mass is 10.1. The van der Waals surface area contributed by atoms with Gasteiger partial charge in [0.15, 0.2) is 0 Å². The number of amides is 1. The van der Waals surface area contributed by atoms with Gasteiger partial charge in [-0.2, -0.15) is 10.4 Å². The molecule has 1 saturated heterocycles. The number of aryl methyl sites for hydroxylation is 1. The van der Waals surface area contributed by atoms with Crippen molar-refractivity contribution >= 4 is 17.7 Å². The summed E-state index contributed by atoms with van der Waals surface area (Å²) in [7, 11) is 0. The number of hydrogen-bond acceptors (Lipinski definition) is 4. The van der Waals surface area contributed by atoms with Crippen molar-refractivity contribution in [2.45, 2.75) is 20.3 Å². The molecular weight excluding hydrogens is 398 g/mol. The van der Waals surface area contributed by atoms with Crippen molar-refractivity contribution in [3.63, 3.8) is 0 Å². The normalized spacial score (nSPS) is 14.4. The molecule has 4 rings (SSSR count). The fraction of sp³-hybridized carbons (Fsp3) is 0.269. The summed E-state index contributed by atoms with van der Waals surface area (Å²) in [5.74, 6) is 0.0259. The molecule has 0 unspecified atom stereocenters. The Balaban J connectivity index is 1.43. The molecule has 6 heteroatoms. The average molecular weight is 426 g/mol. The molecule has 0 saturated carbocycles. The second kappa shape index (κ2) is 9.52. The number of carbonyl (C=O) groups excluding carboxylic acids is 1. The summed E-state index contributed by atoms with van der Waals surface area (Å²) >= 11 is 0. The van der Waals surface area contributed by atoms with Gasteiger partial charge in [-0.1, -0.05) is 18.2 Å². The predicted molar refractivity (Wildman–Crippen MR) is 127 cm³/mol. The van der Waals surface area contributed by atoms with Crippen molar-refractivity contribution in [2.24, 2.45) is 0 Å². The van der Waals surface area contributed by atoms with Gasteiger partial charge in [-0.25, -0.2) is 4.68 Å². The van der Waals surface area contributed by atoms with E-state index < -0.39 is 0 Å². The zero-order chi connectivity index (χ0) is 22.5. The van der Waals surface area contributed by atoms with E-state index in [4.69, 9.17) is 5.26 Å². The van der Waals surface area contributed by atoms with E-state index in [0.29, 0.717) is 12.1 Å². The van der Waals surface area contributed by atoms with Crippen LogP contribution in [0.15, 0.2) is 60.7 Å². The van der Waals surface area contributed by atoms with Gasteiger partial charge in [0.25, 0.3) is 0 Å². The van der Waals surface area contributed by atoms with Crippen LogP contribution < -0.4 is 4.90 Å². The van der Waals surface area contributed by atoms with Gasteiger partial charge in [-0.15, -0.1) is 0 Å². The molecule has 0 atom stereocenters.